The van der Waals surface area contributed by atoms with Crippen molar-refractivity contribution in [2.24, 2.45) is 11.8 Å². The first-order chi connectivity index (χ1) is 19.0. The van der Waals surface area contributed by atoms with Gasteiger partial charge in [0.15, 0.2) is 0 Å². The molecule has 1 saturated carbocycles. The number of aliphatic hydroxyl groups is 1. The van der Waals surface area contributed by atoms with Crippen LogP contribution in [0.2, 0.25) is 0 Å². The van der Waals surface area contributed by atoms with Crippen LogP contribution in [0.4, 0.5) is 5.69 Å². The second kappa shape index (κ2) is 10.7. The number of nitrogens with one attached hydrogen (secondary N) is 2. The van der Waals surface area contributed by atoms with Crippen molar-refractivity contribution in [2.45, 2.75) is 81.2 Å². The van der Waals surface area contributed by atoms with Crippen LogP contribution in [0.3, 0.4) is 0 Å². The highest BCUT2D eigenvalue weighted by Crippen LogP contribution is 2.59. The van der Waals surface area contributed by atoms with Gasteiger partial charge < -0.3 is 25.4 Å². The Bertz CT molecular complexity index is 1200. The highest BCUT2D eigenvalue weighted by atomic mass is 16.5. The van der Waals surface area contributed by atoms with Crippen molar-refractivity contribution in [3.63, 3.8) is 0 Å². The average Bonchev–Trinajstić information content (AvgIpc) is 3.61. The third kappa shape index (κ3) is 4.63. The summed E-state index contributed by atoms with van der Waals surface area (Å²) in [6, 6.07) is 17.4. The third-order valence-electron chi connectivity index (χ3n) is 9.20. The van der Waals surface area contributed by atoms with Crippen LogP contribution in [0.15, 0.2) is 60.7 Å². The molecule has 6 atom stereocenters. The molecule has 3 amide bonds. The van der Waals surface area contributed by atoms with Crippen molar-refractivity contribution in [1.29, 1.82) is 0 Å². The van der Waals surface area contributed by atoms with Gasteiger partial charge in [0.25, 0.3) is 0 Å². The molecule has 1 aliphatic carbocycles. The minimum absolute atomic E-state index is 0.0659. The lowest BCUT2D eigenvalue weighted by Crippen LogP contribution is -2.59. The Morgan fingerprint density at radius 2 is 1.67 bits per heavy atom. The zero-order valence-electron chi connectivity index (χ0n) is 22.1. The monoisotopic (exact) mass is 531 g/mol. The number of likely N-dealkylation sites (tertiary alicyclic amines) is 1. The van der Waals surface area contributed by atoms with Gasteiger partial charge in [0.05, 0.1) is 30.6 Å². The minimum atomic E-state index is -1.08. The number of benzene rings is 2. The molecule has 206 valence electrons. The van der Waals surface area contributed by atoms with E-state index in [1.807, 2.05) is 60.7 Å². The van der Waals surface area contributed by atoms with Gasteiger partial charge in [-0.15, -0.1) is 0 Å². The number of aliphatic hydroxyl groups excluding tert-OH is 1. The van der Waals surface area contributed by atoms with Crippen LogP contribution in [-0.2, 0) is 25.5 Å². The van der Waals surface area contributed by atoms with Gasteiger partial charge in [-0.05, 0) is 49.8 Å². The quantitative estimate of drug-likeness (QED) is 0.485. The van der Waals surface area contributed by atoms with Crippen molar-refractivity contribution in [2.75, 3.05) is 11.9 Å². The number of hydrogen-bond donors (Lipinski definition) is 3. The maximum absolute atomic E-state index is 14.3. The molecular formula is C31H37N3O5. The molecule has 3 aliphatic heterocycles. The number of carbonyl (C=O) groups excluding carboxylic acids is 3. The smallest absolute Gasteiger partial charge is 0.246 e. The highest BCUT2D eigenvalue weighted by Gasteiger charge is 2.75. The van der Waals surface area contributed by atoms with Gasteiger partial charge in [-0.1, -0.05) is 67.8 Å². The average molecular weight is 532 g/mol. The molecular weight excluding hydrogens is 494 g/mol. The molecule has 8 heteroatoms. The number of anilines is 1. The van der Waals surface area contributed by atoms with E-state index in [2.05, 4.69) is 10.6 Å². The number of hydrogen-bond acceptors (Lipinski definition) is 5. The van der Waals surface area contributed by atoms with E-state index in [-0.39, 0.29) is 30.4 Å². The Kier molecular flexibility index (Phi) is 7.16. The number of carbonyl (C=O) groups is 3. The van der Waals surface area contributed by atoms with Crippen molar-refractivity contribution < 1.29 is 24.2 Å². The van der Waals surface area contributed by atoms with E-state index in [0.29, 0.717) is 24.9 Å². The zero-order valence-corrected chi connectivity index (χ0v) is 22.1. The topological polar surface area (TPSA) is 108 Å². The maximum atomic E-state index is 14.3. The third-order valence-corrected chi connectivity index (χ3v) is 9.20. The van der Waals surface area contributed by atoms with Crippen LogP contribution >= 0.6 is 0 Å². The predicted octanol–water partition coefficient (Wildman–Crippen LogP) is 3.05. The van der Waals surface area contributed by atoms with Gasteiger partial charge >= 0.3 is 0 Å². The Morgan fingerprint density at radius 1 is 0.974 bits per heavy atom. The summed E-state index contributed by atoms with van der Waals surface area (Å²) in [5.74, 6) is -2.23. The van der Waals surface area contributed by atoms with Crippen molar-refractivity contribution in [1.82, 2.24) is 10.2 Å². The van der Waals surface area contributed by atoms with Crippen LogP contribution in [0.1, 0.15) is 50.5 Å². The summed E-state index contributed by atoms with van der Waals surface area (Å²) in [6.45, 7) is -0.291. The van der Waals surface area contributed by atoms with Crippen molar-refractivity contribution in [3.05, 3.63) is 66.2 Å². The summed E-state index contributed by atoms with van der Waals surface area (Å²) in [5.41, 5.74) is 0.544. The predicted molar refractivity (Wildman–Crippen MR) is 146 cm³/mol. The molecule has 39 heavy (non-hydrogen) atoms. The van der Waals surface area contributed by atoms with Crippen LogP contribution < -0.4 is 10.6 Å². The number of amides is 3. The number of rotatable bonds is 8. The van der Waals surface area contributed by atoms with E-state index in [9.17, 15) is 19.5 Å². The van der Waals surface area contributed by atoms with Crippen LogP contribution in [0.25, 0.3) is 0 Å². The standard InChI is InChI=1S/C31H37N3O5/c35-19-23(18-20-10-4-1-5-11-20)34-27(29(37)33-22-14-8-3-9-15-22)31-17-16-24(39-31)25(26(31)30(34)38)28(36)32-21-12-6-2-7-13-21/h1-2,4-7,10-13,22-27,35H,3,8-9,14-19H2,(H,32,36)(H,33,37)/t23-,24+,25-,26+,27?,31?/m1/s1. The van der Waals surface area contributed by atoms with E-state index in [0.717, 1.165) is 31.2 Å². The van der Waals surface area contributed by atoms with E-state index in [1.54, 1.807) is 4.90 Å². The molecule has 0 aromatic heterocycles. The van der Waals surface area contributed by atoms with Crippen molar-refractivity contribution >= 4 is 23.4 Å². The molecule has 8 nitrogen and oxygen atoms in total. The lowest BCUT2D eigenvalue weighted by atomic mass is 9.70. The van der Waals surface area contributed by atoms with Gasteiger partial charge in [0.1, 0.15) is 11.6 Å². The van der Waals surface area contributed by atoms with Crippen LogP contribution in [0.5, 0.6) is 0 Å². The number of fused-ring (bicyclic) bond motifs is 1. The SMILES string of the molecule is O=C(NC1CCCCC1)C1N([C@@H](CO)Cc2ccccc2)C(=O)[C@@H]2[C@H](C(=O)Nc3ccccc3)[C@@H]3CCC12O3. The Balaban J connectivity index is 1.34. The lowest BCUT2D eigenvalue weighted by Gasteiger charge is -2.38. The molecule has 4 aliphatic rings. The van der Waals surface area contributed by atoms with Crippen LogP contribution in [-0.4, -0.2) is 64.2 Å². The number of para-hydroxylation sites is 1. The molecule has 1 spiro atoms. The fourth-order valence-corrected chi connectivity index (χ4v) is 7.50. The first-order valence-electron chi connectivity index (χ1n) is 14.3. The molecule has 2 aromatic rings. The summed E-state index contributed by atoms with van der Waals surface area (Å²) >= 11 is 0. The van der Waals surface area contributed by atoms with Gasteiger partial charge in [0, 0.05) is 11.7 Å². The van der Waals surface area contributed by atoms with Crippen LogP contribution in [0, 0.1) is 11.8 Å². The molecule has 3 saturated heterocycles. The normalized spacial score (nSPS) is 30.7. The summed E-state index contributed by atoms with van der Waals surface area (Å²) < 4.78 is 6.56. The molecule has 6 rings (SSSR count). The van der Waals surface area contributed by atoms with E-state index in [1.165, 1.54) is 6.42 Å². The second-order valence-corrected chi connectivity index (χ2v) is 11.5. The fraction of sp³-hybridized carbons (Fsp3) is 0.516. The molecule has 0 radical (unpaired) electrons. The van der Waals surface area contributed by atoms with Gasteiger partial charge in [-0.25, -0.2) is 0 Å². The van der Waals surface area contributed by atoms with E-state index >= 15 is 0 Å². The summed E-state index contributed by atoms with van der Waals surface area (Å²) in [5, 5.41) is 16.7. The molecule has 2 bridgehead atoms. The highest BCUT2D eigenvalue weighted by molar-refractivity contribution is 6.02. The Labute approximate surface area is 229 Å². The second-order valence-electron chi connectivity index (χ2n) is 11.5. The first kappa shape index (κ1) is 26.0. The van der Waals surface area contributed by atoms with Gasteiger partial charge in [-0.2, -0.15) is 0 Å². The zero-order chi connectivity index (χ0) is 27.0. The Morgan fingerprint density at radius 3 is 2.36 bits per heavy atom. The molecule has 4 fully saturated rings. The van der Waals surface area contributed by atoms with E-state index in [4.69, 9.17) is 4.74 Å². The number of ether oxygens (including phenoxy) is 1. The molecule has 3 N–H and O–H groups in total. The molecule has 2 unspecified atom stereocenters. The summed E-state index contributed by atoms with van der Waals surface area (Å²) in [7, 11) is 0. The van der Waals surface area contributed by atoms with Crippen molar-refractivity contribution in [3.8, 4) is 0 Å². The van der Waals surface area contributed by atoms with E-state index < -0.39 is 35.6 Å². The van der Waals surface area contributed by atoms with Gasteiger partial charge in [0.2, 0.25) is 17.7 Å². The molecule has 3 heterocycles. The fourth-order valence-electron chi connectivity index (χ4n) is 7.50. The van der Waals surface area contributed by atoms with Gasteiger partial charge in [-0.3, -0.25) is 14.4 Å². The maximum Gasteiger partial charge on any atom is 0.246 e. The Hall–Kier alpha value is -3.23. The number of nitrogens with zero attached hydrogens (tertiary/aromatic N) is 1. The molecule has 2 aromatic carbocycles. The lowest BCUT2D eigenvalue weighted by molar-refractivity contribution is -0.145. The first-order valence-corrected chi connectivity index (χ1v) is 14.3. The summed E-state index contributed by atoms with van der Waals surface area (Å²) in [6.07, 6.45) is 6.27. The summed E-state index contributed by atoms with van der Waals surface area (Å²) in [4.78, 5) is 43.6. The largest absolute Gasteiger partial charge is 0.394 e. The minimum Gasteiger partial charge on any atom is -0.394 e.